The first kappa shape index (κ1) is 27.2. The number of hydrogen-bond acceptors (Lipinski definition) is 9. The van der Waals surface area contributed by atoms with Crippen molar-refractivity contribution in [2.24, 2.45) is 0 Å². The van der Waals surface area contributed by atoms with Crippen molar-refractivity contribution < 1.29 is 47.9 Å². The van der Waals surface area contributed by atoms with E-state index in [4.69, 9.17) is 33.2 Å². The van der Waals surface area contributed by atoms with Crippen molar-refractivity contribution in [3.05, 3.63) is 70.8 Å². The highest BCUT2D eigenvalue weighted by atomic mass is 16.7. The number of carboxylic acids is 1. The SMILES string of the molecule is COc1ccc(C(=O)/C(Cc2ccc(OC)c(OC)c2OC)=C(\C(=O)O)c2cc(OC)c3c(c2)OCO3)cc1. The standard InChI is InChI=1S/C29H28O10/c1-33-19-9-6-16(7-10-19)25(30)20(12-17-8-11-21(34-2)28(37-5)26(17)36-4)24(29(31)32)18-13-22(35-3)27-23(14-18)38-15-39-27/h6-11,13-14H,12,15H2,1-5H3,(H,31,32)/b24-20-. The molecule has 0 unspecified atom stereocenters. The van der Waals surface area contributed by atoms with Crippen molar-refractivity contribution in [3.63, 3.8) is 0 Å². The predicted octanol–water partition coefficient (Wildman–Crippen LogP) is 4.42. The summed E-state index contributed by atoms with van der Waals surface area (Å²) >= 11 is 0. The summed E-state index contributed by atoms with van der Waals surface area (Å²) in [5, 5.41) is 10.5. The van der Waals surface area contributed by atoms with E-state index in [0.29, 0.717) is 40.1 Å². The van der Waals surface area contributed by atoms with Crippen LogP contribution in [-0.4, -0.2) is 59.2 Å². The summed E-state index contributed by atoms with van der Waals surface area (Å²) < 4.78 is 38.1. The fourth-order valence-corrected chi connectivity index (χ4v) is 4.39. The van der Waals surface area contributed by atoms with E-state index >= 15 is 0 Å². The molecule has 0 saturated carbocycles. The van der Waals surface area contributed by atoms with Gasteiger partial charge >= 0.3 is 5.97 Å². The first-order chi connectivity index (χ1) is 18.9. The fraction of sp³-hybridized carbons (Fsp3) is 0.241. The second-order valence-electron chi connectivity index (χ2n) is 8.30. The Morgan fingerprint density at radius 2 is 1.46 bits per heavy atom. The van der Waals surface area contributed by atoms with Crippen molar-refractivity contribution in [2.75, 3.05) is 42.3 Å². The second-order valence-corrected chi connectivity index (χ2v) is 8.30. The van der Waals surface area contributed by atoms with Crippen LogP contribution in [0.5, 0.6) is 40.2 Å². The summed E-state index contributed by atoms with van der Waals surface area (Å²) in [6.45, 7) is -0.0399. The molecule has 1 aliphatic rings. The number of ketones is 1. The number of carbonyl (C=O) groups is 2. The Morgan fingerprint density at radius 3 is 2.05 bits per heavy atom. The Bertz CT molecular complexity index is 1420. The Labute approximate surface area is 225 Å². The summed E-state index contributed by atoms with van der Waals surface area (Å²) in [5.74, 6) is 0.731. The van der Waals surface area contributed by atoms with E-state index in [2.05, 4.69) is 0 Å². The summed E-state index contributed by atoms with van der Waals surface area (Å²) in [5.41, 5.74) is 0.762. The minimum atomic E-state index is -1.31. The molecule has 0 bridgehead atoms. The third-order valence-electron chi connectivity index (χ3n) is 6.24. The van der Waals surface area contributed by atoms with Crippen LogP contribution in [0, 0.1) is 0 Å². The van der Waals surface area contributed by atoms with Crippen molar-refractivity contribution in [1.29, 1.82) is 0 Å². The highest BCUT2D eigenvalue weighted by Gasteiger charge is 2.29. The van der Waals surface area contributed by atoms with Crippen LogP contribution in [0.1, 0.15) is 21.5 Å². The van der Waals surface area contributed by atoms with Gasteiger partial charge in [-0.25, -0.2) is 4.79 Å². The number of ether oxygens (including phenoxy) is 7. The lowest BCUT2D eigenvalue weighted by Crippen LogP contribution is -2.15. The molecular formula is C29H28O10. The molecule has 0 amide bonds. The number of allylic oxidation sites excluding steroid dienone is 1. The molecule has 4 rings (SSSR count). The van der Waals surface area contributed by atoms with Crippen molar-refractivity contribution in [1.82, 2.24) is 0 Å². The van der Waals surface area contributed by atoms with Crippen LogP contribution >= 0.6 is 0 Å². The van der Waals surface area contributed by atoms with Crippen LogP contribution in [0.15, 0.2) is 54.1 Å². The highest BCUT2D eigenvalue weighted by Crippen LogP contribution is 2.45. The van der Waals surface area contributed by atoms with Gasteiger partial charge in [-0.2, -0.15) is 0 Å². The molecule has 3 aromatic rings. The molecule has 10 heteroatoms. The van der Waals surface area contributed by atoms with E-state index in [0.717, 1.165) is 0 Å². The lowest BCUT2D eigenvalue weighted by atomic mass is 9.88. The average molecular weight is 537 g/mol. The van der Waals surface area contributed by atoms with Gasteiger partial charge in [0.05, 0.1) is 41.1 Å². The zero-order valence-electron chi connectivity index (χ0n) is 22.2. The first-order valence-electron chi connectivity index (χ1n) is 11.8. The van der Waals surface area contributed by atoms with Gasteiger partial charge in [0.15, 0.2) is 28.8 Å². The number of fused-ring (bicyclic) bond motifs is 1. The summed E-state index contributed by atoms with van der Waals surface area (Å²) in [4.78, 5) is 26.8. The Kier molecular flexibility index (Phi) is 8.14. The van der Waals surface area contributed by atoms with Gasteiger partial charge < -0.3 is 38.3 Å². The van der Waals surface area contributed by atoms with Crippen LogP contribution in [0.4, 0.5) is 0 Å². The fourth-order valence-electron chi connectivity index (χ4n) is 4.39. The topological polar surface area (TPSA) is 119 Å². The minimum absolute atomic E-state index is 0.000829. The Hall–Kier alpha value is -4.86. The molecular weight excluding hydrogens is 508 g/mol. The van der Waals surface area contributed by atoms with E-state index in [-0.39, 0.29) is 41.2 Å². The molecule has 0 aliphatic carbocycles. The maximum absolute atomic E-state index is 14.0. The molecule has 0 aromatic heterocycles. The molecule has 1 heterocycles. The predicted molar refractivity (Wildman–Crippen MR) is 141 cm³/mol. The lowest BCUT2D eigenvalue weighted by molar-refractivity contribution is -0.130. The van der Waals surface area contributed by atoms with E-state index < -0.39 is 11.8 Å². The number of methoxy groups -OCH3 is 5. The third kappa shape index (κ3) is 5.26. The molecule has 10 nitrogen and oxygen atoms in total. The number of carbonyl (C=O) groups excluding carboxylic acids is 1. The zero-order chi connectivity index (χ0) is 28.1. The Morgan fingerprint density at radius 1 is 0.769 bits per heavy atom. The van der Waals surface area contributed by atoms with Crippen LogP contribution < -0.4 is 33.2 Å². The molecule has 39 heavy (non-hydrogen) atoms. The molecule has 3 aromatic carbocycles. The lowest BCUT2D eigenvalue weighted by Gasteiger charge is -2.18. The Balaban J connectivity index is 1.97. The van der Waals surface area contributed by atoms with Crippen LogP contribution in [0.25, 0.3) is 5.57 Å². The van der Waals surface area contributed by atoms with Gasteiger partial charge in [-0.15, -0.1) is 0 Å². The summed E-state index contributed by atoms with van der Waals surface area (Å²) in [6, 6.07) is 12.8. The number of carboxylic acid groups (broad SMARTS) is 1. The number of hydrogen-bond donors (Lipinski definition) is 1. The monoisotopic (exact) mass is 536 g/mol. The van der Waals surface area contributed by atoms with Crippen LogP contribution in [-0.2, 0) is 11.2 Å². The molecule has 0 radical (unpaired) electrons. The highest BCUT2D eigenvalue weighted by molar-refractivity contribution is 6.26. The normalized spacial score (nSPS) is 12.3. The van der Waals surface area contributed by atoms with Gasteiger partial charge in [0, 0.05) is 23.1 Å². The van der Waals surface area contributed by atoms with Gasteiger partial charge in [-0.1, -0.05) is 6.07 Å². The number of aliphatic carboxylic acids is 1. The second kappa shape index (κ2) is 11.7. The molecule has 0 saturated heterocycles. The number of Topliss-reactive ketones (excluding diaryl/α,β-unsaturated/α-hetero) is 1. The van der Waals surface area contributed by atoms with Gasteiger partial charge in [-0.05, 0) is 48.0 Å². The van der Waals surface area contributed by atoms with Crippen LogP contribution in [0.3, 0.4) is 0 Å². The van der Waals surface area contributed by atoms with Crippen molar-refractivity contribution in [3.8, 4) is 40.2 Å². The molecule has 1 aliphatic heterocycles. The van der Waals surface area contributed by atoms with Crippen LogP contribution in [0.2, 0.25) is 0 Å². The van der Waals surface area contributed by atoms with E-state index in [1.54, 1.807) is 36.4 Å². The van der Waals surface area contributed by atoms with Gasteiger partial charge in [0.2, 0.25) is 18.3 Å². The molecule has 1 N–H and O–H groups in total. The third-order valence-corrected chi connectivity index (χ3v) is 6.24. The van der Waals surface area contributed by atoms with Gasteiger partial charge in [0.25, 0.3) is 0 Å². The number of benzene rings is 3. The summed E-state index contributed by atoms with van der Waals surface area (Å²) in [6.07, 6.45) is -0.104. The molecule has 0 spiro atoms. The quantitative estimate of drug-likeness (QED) is 0.279. The molecule has 0 fully saturated rings. The van der Waals surface area contributed by atoms with E-state index in [9.17, 15) is 14.7 Å². The van der Waals surface area contributed by atoms with Gasteiger partial charge in [-0.3, -0.25) is 4.79 Å². The van der Waals surface area contributed by atoms with E-state index in [1.165, 1.54) is 47.7 Å². The largest absolute Gasteiger partial charge is 0.497 e. The minimum Gasteiger partial charge on any atom is -0.497 e. The first-order valence-corrected chi connectivity index (χ1v) is 11.8. The average Bonchev–Trinajstić information content (AvgIpc) is 3.44. The maximum Gasteiger partial charge on any atom is 0.336 e. The summed E-state index contributed by atoms with van der Waals surface area (Å²) in [7, 11) is 7.36. The zero-order valence-corrected chi connectivity index (χ0v) is 22.2. The van der Waals surface area contributed by atoms with Gasteiger partial charge in [0.1, 0.15) is 5.75 Å². The molecule has 0 atom stereocenters. The van der Waals surface area contributed by atoms with E-state index in [1.807, 2.05) is 0 Å². The van der Waals surface area contributed by atoms with Crippen molar-refractivity contribution >= 4 is 17.3 Å². The molecule has 204 valence electrons. The van der Waals surface area contributed by atoms with Crippen molar-refractivity contribution in [2.45, 2.75) is 6.42 Å². The smallest absolute Gasteiger partial charge is 0.336 e. The maximum atomic E-state index is 14.0. The number of rotatable bonds is 11.